The van der Waals surface area contributed by atoms with Crippen molar-refractivity contribution < 1.29 is 40.7 Å². The summed E-state index contributed by atoms with van der Waals surface area (Å²) >= 11 is 0. The molecule has 1 aromatic heterocycles. The van der Waals surface area contributed by atoms with Crippen LogP contribution in [0.25, 0.3) is 6.08 Å². The first-order chi connectivity index (χ1) is 12.3. The predicted octanol–water partition coefficient (Wildman–Crippen LogP) is 4.59. The molecule has 1 aromatic carbocycles. The van der Waals surface area contributed by atoms with Gasteiger partial charge in [0.15, 0.2) is 5.78 Å². The highest BCUT2D eigenvalue weighted by Crippen LogP contribution is 2.42. The van der Waals surface area contributed by atoms with Crippen LogP contribution in [0.5, 0.6) is 5.75 Å². The summed E-state index contributed by atoms with van der Waals surface area (Å²) in [5, 5.41) is 9.63. The zero-order valence-electron chi connectivity index (χ0n) is 13.4. The molecule has 0 amide bonds. The van der Waals surface area contributed by atoms with Crippen LogP contribution in [0.3, 0.4) is 0 Å². The van der Waals surface area contributed by atoms with E-state index in [-0.39, 0.29) is 11.8 Å². The highest BCUT2D eigenvalue weighted by atomic mass is 19.4. The first kappa shape index (κ1) is 20.3. The van der Waals surface area contributed by atoms with E-state index in [1.165, 1.54) is 6.92 Å². The van der Waals surface area contributed by atoms with Crippen LogP contribution in [0.2, 0.25) is 0 Å². The minimum Gasteiger partial charge on any atom is -0.507 e. The van der Waals surface area contributed by atoms with Gasteiger partial charge in [-0.2, -0.15) is 26.3 Å². The quantitative estimate of drug-likeness (QED) is 0.472. The number of aromatic hydroxyl groups is 1. The van der Waals surface area contributed by atoms with Crippen molar-refractivity contribution in [2.45, 2.75) is 19.3 Å². The molecule has 0 saturated heterocycles. The summed E-state index contributed by atoms with van der Waals surface area (Å²) in [4.78, 5) is 23.6. The van der Waals surface area contributed by atoms with Crippen LogP contribution < -0.4 is 5.63 Å². The van der Waals surface area contributed by atoms with E-state index in [1.54, 1.807) is 0 Å². The number of allylic oxidation sites excluding steroid dienone is 1. The molecular formula is C17H10F6O4. The second-order valence-corrected chi connectivity index (χ2v) is 5.37. The Morgan fingerprint density at radius 2 is 1.74 bits per heavy atom. The van der Waals surface area contributed by atoms with Gasteiger partial charge in [-0.15, -0.1) is 0 Å². The fourth-order valence-corrected chi connectivity index (χ4v) is 2.33. The van der Waals surface area contributed by atoms with E-state index >= 15 is 0 Å². The second kappa shape index (κ2) is 6.93. The first-order valence-corrected chi connectivity index (χ1v) is 7.16. The number of hydrogen-bond acceptors (Lipinski definition) is 4. The van der Waals surface area contributed by atoms with Gasteiger partial charge in [-0.05, 0) is 24.6 Å². The molecule has 0 aliphatic carbocycles. The molecular weight excluding hydrogens is 382 g/mol. The zero-order chi connectivity index (χ0) is 20.6. The third kappa shape index (κ3) is 4.39. The van der Waals surface area contributed by atoms with Crippen molar-refractivity contribution in [1.82, 2.24) is 0 Å². The fraction of sp³-hybridized carbons (Fsp3) is 0.176. The van der Waals surface area contributed by atoms with E-state index in [1.807, 2.05) is 0 Å². The van der Waals surface area contributed by atoms with Crippen LogP contribution >= 0.6 is 0 Å². The highest BCUT2D eigenvalue weighted by molar-refractivity contribution is 6.08. The number of carbonyl (C=O) groups excluding carboxylic acids is 1. The van der Waals surface area contributed by atoms with Crippen LogP contribution in [-0.4, -0.2) is 10.9 Å². The van der Waals surface area contributed by atoms with Gasteiger partial charge in [0.2, 0.25) is 0 Å². The van der Waals surface area contributed by atoms with E-state index in [4.69, 9.17) is 0 Å². The normalized spacial score (nSPS) is 12.6. The lowest BCUT2D eigenvalue weighted by Crippen LogP contribution is -2.18. The number of benzene rings is 1. The van der Waals surface area contributed by atoms with Crippen molar-refractivity contribution >= 4 is 11.9 Å². The summed E-state index contributed by atoms with van der Waals surface area (Å²) < 4.78 is 82.7. The SMILES string of the molecule is Cc1cc(O)c(C(=O)/C=C/c2cccc(C(F)(F)F)c2C(F)(F)F)c(=O)o1. The summed E-state index contributed by atoms with van der Waals surface area (Å²) in [5.74, 6) is -2.01. The van der Waals surface area contributed by atoms with Gasteiger partial charge in [0.1, 0.15) is 17.1 Å². The maximum absolute atomic E-state index is 13.1. The van der Waals surface area contributed by atoms with E-state index in [0.29, 0.717) is 12.2 Å². The first-order valence-electron chi connectivity index (χ1n) is 7.16. The summed E-state index contributed by atoms with van der Waals surface area (Å²) in [7, 11) is 0. The van der Waals surface area contributed by atoms with Crippen molar-refractivity contribution in [2.75, 3.05) is 0 Å². The van der Waals surface area contributed by atoms with Gasteiger partial charge in [0, 0.05) is 6.07 Å². The molecule has 144 valence electrons. The maximum Gasteiger partial charge on any atom is 0.417 e. The lowest BCUT2D eigenvalue weighted by Gasteiger charge is -2.17. The third-order valence-corrected chi connectivity index (χ3v) is 3.40. The number of hydrogen-bond donors (Lipinski definition) is 1. The Morgan fingerprint density at radius 3 is 2.26 bits per heavy atom. The fourth-order valence-electron chi connectivity index (χ4n) is 2.33. The van der Waals surface area contributed by atoms with Crippen LogP contribution in [0.1, 0.15) is 32.8 Å². The van der Waals surface area contributed by atoms with Crippen LogP contribution in [0, 0.1) is 6.92 Å². The Labute approximate surface area is 147 Å². The largest absolute Gasteiger partial charge is 0.507 e. The molecule has 2 aromatic rings. The van der Waals surface area contributed by atoms with E-state index in [0.717, 1.165) is 18.2 Å². The highest BCUT2D eigenvalue weighted by Gasteiger charge is 2.44. The molecule has 0 bridgehead atoms. The van der Waals surface area contributed by atoms with Crippen molar-refractivity contribution in [3.05, 3.63) is 68.8 Å². The van der Waals surface area contributed by atoms with E-state index < -0.39 is 51.8 Å². The number of ketones is 1. The molecule has 0 unspecified atom stereocenters. The molecule has 0 spiro atoms. The van der Waals surface area contributed by atoms with E-state index in [9.17, 15) is 41.0 Å². The summed E-state index contributed by atoms with van der Waals surface area (Å²) in [6.07, 6.45) is -9.68. The van der Waals surface area contributed by atoms with E-state index in [2.05, 4.69) is 4.42 Å². The summed E-state index contributed by atoms with van der Waals surface area (Å²) in [6, 6.07) is 2.69. The molecule has 0 atom stereocenters. The Morgan fingerprint density at radius 1 is 1.11 bits per heavy atom. The zero-order valence-corrected chi connectivity index (χ0v) is 13.4. The van der Waals surface area contributed by atoms with Crippen molar-refractivity contribution in [2.24, 2.45) is 0 Å². The number of halogens is 6. The molecule has 27 heavy (non-hydrogen) atoms. The third-order valence-electron chi connectivity index (χ3n) is 3.40. The molecule has 10 heteroatoms. The van der Waals surface area contributed by atoms with Crippen LogP contribution in [0.15, 0.2) is 39.6 Å². The molecule has 0 saturated carbocycles. The van der Waals surface area contributed by atoms with Crippen LogP contribution in [-0.2, 0) is 12.4 Å². The molecule has 0 aliphatic heterocycles. The Balaban J connectivity index is 2.55. The van der Waals surface area contributed by atoms with Gasteiger partial charge in [0.05, 0.1) is 11.1 Å². The average Bonchev–Trinajstić information content (AvgIpc) is 2.49. The van der Waals surface area contributed by atoms with Gasteiger partial charge >= 0.3 is 18.0 Å². The van der Waals surface area contributed by atoms with Gasteiger partial charge in [-0.3, -0.25) is 4.79 Å². The summed E-state index contributed by atoms with van der Waals surface area (Å²) in [6.45, 7) is 1.31. The predicted molar refractivity (Wildman–Crippen MR) is 81.2 cm³/mol. The second-order valence-electron chi connectivity index (χ2n) is 5.37. The lowest BCUT2D eigenvalue weighted by atomic mass is 9.99. The van der Waals surface area contributed by atoms with Crippen molar-refractivity contribution in [3.63, 3.8) is 0 Å². The Bertz CT molecular complexity index is 967. The van der Waals surface area contributed by atoms with Crippen molar-refractivity contribution in [1.29, 1.82) is 0 Å². The van der Waals surface area contributed by atoms with Gasteiger partial charge in [-0.1, -0.05) is 18.2 Å². The standard InChI is InChI=1S/C17H10F6O4/c1-8-7-12(25)13(15(26)27-8)11(24)6-5-9-3-2-4-10(16(18,19)20)14(9)17(21,22)23/h2-7,25H,1H3/b6-5+. The molecule has 0 fully saturated rings. The average molecular weight is 392 g/mol. The number of alkyl halides is 6. The molecule has 0 radical (unpaired) electrons. The number of rotatable bonds is 3. The van der Waals surface area contributed by atoms with Gasteiger partial charge in [-0.25, -0.2) is 4.79 Å². The Kier molecular flexibility index (Phi) is 5.21. The van der Waals surface area contributed by atoms with Crippen molar-refractivity contribution in [3.8, 4) is 5.75 Å². The molecule has 1 heterocycles. The minimum atomic E-state index is -5.35. The molecule has 4 nitrogen and oxygen atoms in total. The molecule has 1 N–H and O–H groups in total. The Hall–Kier alpha value is -3.04. The van der Waals surface area contributed by atoms with Gasteiger partial charge in [0.25, 0.3) is 0 Å². The monoisotopic (exact) mass is 392 g/mol. The minimum absolute atomic E-state index is 0.0183. The maximum atomic E-state index is 13.1. The smallest absolute Gasteiger partial charge is 0.417 e. The number of carbonyl (C=O) groups is 1. The summed E-state index contributed by atoms with van der Waals surface area (Å²) in [5.41, 5.74) is -6.90. The van der Waals surface area contributed by atoms with Crippen LogP contribution in [0.4, 0.5) is 26.3 Å². The lowest BCUT2D eigenvalue weighted by molar-refractivity contribution is -0.162. The number of aryl methyl sites for hydroxylation is 1. The topological polar surface area (TPSA) is 67.5 Å². The molecule has 0 aliphatic rings. The molecule has 2 rings (SSSR count). The van der Waals surface area contributed by atoms with Gasteiger partial charge < -0.3 is 9.52 Å².